The summed E-state index contributed by atoms with van der Waals surface area (Å²) in [5.41, 5.74) is -2.09. The van der Waals surface area contributed by atoms with E-state index in [2.05, 4.69) is 20.7 Å². The molecule has 0 unspecified atom stereocenters. The van der Waals surface area contributed by atoms with Crippen molar-refractivity contribution in [2.24, 2.45) is 10.8 Å². The Hall–Kier alpha value is -2.70. The summed E-state index contributed by atoms with van der Waals surface area (Å²) in [6, 6.07) is 9.04. The summed E-state index contributed by atoms with van der Waals surface area (Å²) in [5.74, 6) is -1.63. The molecule has 0 amide bonds. The standard InChI is InChI=1S/C18H26BFO5.C12H14BrFO3/c1-16(2,15(21)22-7)11-23-14-9-8-12(10-13(14)20)19-24-17(3,4)18(5,6)25-19;1-12(2,11(15)16-3)7-17-10-5-4-8(13)6-9(10)14/h8-10H,11H2,1-7H3;4-6H,7H2,1-3H3. The van der Waals surface area contributed by atoms with Gasteiger partial charge in [-0.3, -0.25) is 9.59 Å². The van der Waals surface area contributed by atoms with Gasteiger partial charge in [-0.15, -0.1) is 0 Å². The van der Waals surface area contributed by atoms with E-state index in [1.54, 1.807) is 39.8 Å². The number of hydrogen-bond donors (Lipinski definition) is 0. The minimum atomic E-state index is -0.869. The van der Waals surface area contributed by atoms with Crippen LogP contribution in [-0.2, 0) is 28.4 Å². The predicted octanol–water partition coefficient (Wildman–Crippen LogP) is 5.87. The maximum absolute atomic E-state index is 14.4. The number of hydrogen-bond acceptors (Lipinski definition) is 8. The monoisotopic (exact) mass is 656 g/mol. The fourth-order valence-corrected chi connectivity index (χ4v) is 3.87. The summed E-state index contributed by atoms with van der Waals surface area (Å²) in [5, 5.41) is 0. The van der Waals surface area contributed by atoms with Crippen molar-refractivity contribution in [1.82, 2.24) is 0 Å². The van der Waals surface area contributed by atoms with Gasteiger partial charge in [-0.1, -0.05) is 22.0 Å². The van der Waals surface area contributed by atoms with Crippen molar-refractivity contribution in [2.75, 3.05) is 27.4 Å². The molecule has 8 nitrogen and oxygen atoms in total. The number of carbonyl (C=O) groups excluding carboxylic acids is 2. The van der Waals surface area contributed by atoms with Crippen LogP contribution in [0.4, 0.5) is 8.78 Å². The normalized spacial score (nSPS) is 15.8. The van der Waals surface area contributed by atoms with E-state index in [0.717, 1.165) is 0 Å². The molecule has 0 atom stereocenters. The molecule has 42 heavy (non-hydrogen) atoms. The minimum absolute atomic E-state index is 0.00638. The number of benzene rings is 2. The number of carbonyl (C=O) groups is 2. The lowest BCUT2D eigenvalue weighted by atomic mass is 9.79. The van der Waals surface area contributed by atoms with E-state index in [9.17, 15) is 18.4 Å². The van der Waals surface area contributed by atoms with E-state index in [-0.39, 0.29) is 24.7 Å². The summed E-state index contributed by atoms with van der Waals surface area (Å²) in [7, 11) is 1.98. The van der Waals surface area contributed by atoms with Gasteiger partial charge in [0.15, 0.2) is 23.1 Å². The zero-order chi connectivity index (χ0) is 32.1. The zero-order valence-electron chi connectivity index (χ0n) is 25.9. The summed E-state index contributed by atoms with van der Waals surface area (Å²) in [6.45, 7) is 14.5. The van der Waals surface area contributed by atoms with Crippen molar-refractivity contribution in [1.29, 1.82) is 0 Å². The lowest BCUT2D eigenvalue weighted by Gasteiger charge is -2.32. The van der Waals surface area contributed by atoms with E-state index < -0.39 is 52.7 Å². The molecule has 1 saturated heterocycles. The number of ether oxygens (including phenoxy) is 4. The Balaban J connectivity index is 0.000000317. The lowest BCUT2D eigenvalue weighted by molar-refractivity contribution is -0.153. The van der Waals surface area contributed by atoms with Crippen molar-refractivity contribution in [3.8, 4) is 11.5 Å². The second-order valence-corrected chi connectivity index (χ2v) is 13.1. The average molecular weight is 657 g/mol. The molecule has 1 heterocycles. The van der Waals surface area contributed by atoms with Crippen LogP contribution in [0.5, 0.6) is 11.5 Å². The molecule has 0 spiro atoms. The average Bonchev–Trinajstić information content (AvgIpc) is 3.13. The molecule has 1 fully saturated rings. The Kier molecular flexibility index (Phi) is 11.6. The third-order valence-electron chi connectivity index (χ3n) is 7.03. The Morgan fingerprint density at radius 2 is 1.19 bits per heavy atom. The number of esters is 2. The van der Waals surface area contributed by atoms with E-state index >= 15 is 0 Å². The van der Waals surface area contributed by atoms with Gasteiger partial charge in [-0.2, -0.15) is 0 Å². The van der Waals surface area contributed by atoms with Gasteiger partial charge in [0.25, 0.3) is 0 Å². The highest BCUT2D eigenvalue weighted by molar-refractivity contribution is 9.10. The molecule has 0 N–H and O–H groups in total. The maximum Gasteiger partial charge on any atom is 0.494 e. The molecule has 2 aromatic carbocycles. The Morgan fingerprint density at radius 1 is 0.786 bits per heavy atom. The van der Waals surface area contributed by atoms with Crippen molar-refractivity contribution in [3.05, 3.63) is 52.5 Å². The van der Waals surface area contributed by atoms with Crippen LogP contribution in [0.25, 0.3) is 0 Å². The molecule has 3 rings (SSSR count). The highest BCUT2D eigenvalue weighted by atomic mass is 79.9. The first-order valence-electron chi connectivity index (χ1n) is 13.3. The summed E-state index contributed by atoms with van der Waals surface area (Å²) >= 11 is 3.15. The molecule has 1 aliphatic rings. The largest absolute Gasteiger partial charge is 0.494 e. The molecular weight excluding hydrogens is 617 g/mol. The van der Waals surface area contributed by atoms with E-state index in [1.807, 2.05) is 27.7 Å². The van der Waals surface area contributed by atoms with Crippen LogP contribution < -0.4 is 14.9 Å². The summed E-state index contributed by atoms with van der Waals surface area (Å²) in [4.78, 5) is 23.1. The number of methoxy groups -OCH3 is 2. The van der Waals surface area contributed by atoms with Crippen LogP contribution in [-0.4, -0.2) is 57.7 Å². The molecule has 12 heteroatoms. The van der Waals surface area contributed by atoms with Crippen molar-refractivity contribution in [3.63, 3.8) is 0 Å². The Bertz CT molecular complexity index is 1250. The molecule has 1 aliphatic heterocycles. The highest BCUT2D eigenvalue weighted by Gasteiger charge is 2.51. The van der Waals surface area contributed by atoms with Crippen molar-refractivity contribution >= 4 is 40.4 Å². The second kappa shape index (κ2) is 13.7. The molecule has 0 bridgehead atoms. The van der Waals surface area contributed by atoms with Gasteiger partial charge in [0.05, 0.1) is 36.3 Å². The van der Waals surface area contributed by atoms with Crippen LogP contribution >= 0.6 is 15.9 Å². The van der Waals surface area contributed by atoms with Gasteiger partial charge < -0.3 is 28.3 Å². The van der Waals surface area contributed by atoms with E-state index in [1.165, 1.54) is 38.5 Å². The molecule has 0 radical (unpaired) electrons. The van der Waals surface area contributed by atoms with Crippen LogP contribution in [0.15, 0.2) is 40.9 Å². The predicted molar refractivity (Wildman–Crippen MR) is 159 cm³/mol. The first-order valence-corrected chi connectivity index (χ1v) is 14.1. The SMILES string of the molecule is COC(=O)C(C)(C)COc1ccc(B2OC(C)(C)C(C)(C)O2)cc1F.COC(=O)C(C)(C)COc1ccc(Br)cc1F. The maximum atomic E-state index is 14.4. The van der Waals surface area contributed by atoms with Crippen molar-refractivity contribution in [2.45, 2.75) is 66.6 Å². The fourth-order valence-electron chi connectivity index (χ4n) is 3.54. The van der Waals surface area contributed by atoms with Gasteiger partial charge in [-0.25, -0.2) is 8.78 Å². The van der Waals surface area contributed by atoms with Gasteiger partial charge in [0.2, 0.25) is 0 Å². The van der Waals surface area contributed by atoms with E-state index in [4.69, 9.17) is 23.5 Å². The number of halogens is 3. The van der Waals surface area contributed by atoms with Crippen LogP contribution in [0.3, 0.4) is 0 Å². The third kappa shape index (κ3) is 8.91. The zero-order valence-corrected chi connectivity index (χ0v) is 27.4. The molecule has 0 aliphatic carbocycles. The molecular formula is C30H40BBrF2O8. The summed E-state index contributed by atoms with van der Waals surface area (Å²) in [6.07, 6.45) is 0. The minimum Gasteiger partial charge on any atom is -0.489 e. The topological polar surface area (TPSA) is 89.5 Å². The van der Waals surface area contributed by atoms with Crippen LogP contribution in [0, 0.1) is 22.5 Å². The first-order chi connectivity index (χ1) is 19.3. The molecule has 0 saturated carbocycles. The van der Waals surface area contributed by atoms with Gasteiger partial charge in [0, 0.05) is 4.47 Å². The molecule has 2 aromatic rings. The second-order valence-electron chi connectivity index (χ2n) is 12.2. The lowest BCUT2D eigenvalue weighted by Crippen LogP contribution is -2.41. The molecule has 0 aromatic heterocycles. The number of rotatable bonds is 9. The Morgan fingerprint density at radius 3 is 1.57 bits per heavy atom. The Labute approximate surface area is 255 Å². The van der Waals surface area contributed by atoms with Gasteiger partial charge in [-0.05, 0) is 91.2 Å². The third-order valence-corrected chi connectivity index (χ3v) is 7.52. The first kappa shape index (κ1) is 35.5. The fraction of sp³-hybridized carbons (Fsp3) is 0.533. The van der Waals surface area contributed by atoms with Crippen LogP contribution in [0.2, 0.25) is 0 Å². The van der Waals surface area contributed by atoms with E-state index in [0.29, 0.717) is 9.94 Å². The molecule has 232 valence electrons. The highest BCUT2D eigenvalue weighted by Crippen LogP contribution is 2.36. The quantitative estimate of drug-likeness (QED) is 0.245. The van der Waals surface area contributed by atoms with Crippen molar-refractivity contribution < 1.29 is 46.6 Å². The van der Waals surface area contributed by atoms with Gasteiger partial charge >= 0.3 is 19.1 Å². The smallest absolute Gasteiger partial charge is 0.489 e. The summed E-state index contributed by atoms with van der Waals surface area (Å²) < 4.78 is 60.4. The van der Waals surface area contributed by atoms with Crippen LogP contribution in [0.1, 0.15) is 55.4 Å². The van der Waals surface area contributed by atoms with Gasteiger partial charge in [0.1, 0.15) is 13.2 Å².